The van der Waals surface area contributed by atoms with E-state index in [0.717, 1.165) is 17.0 Å². The molecule has 0 spiro atoms. The lowest BCUT2D eigenvalue weighted by Crippen LogP contribution is -2.30. The predicted molar refractivity (Wildman–Crippen MR) is 105 cm³/mol. The van der Waals surface area contributed by atoms with E-state index >= 15 is 0 Å². The van der Waals surface area contributed by atoms with Crippen LogP contribution in [0.4, 0.5) is 5.69 Å². The van der Waals surface area contributed by atoms with Crippen LogP contribution in [-0.4, -0.2) is 37.1 Å². The molecule has 0 bridgehead atoms. The maximum atomic E-state index is 11.9. The third-order valence-corrected chi connectivity index (χ3v) is 3.98. The molecule has 2 N–H and O–H groups in total. The number of anilines is 1. The molecule has 2 aromatic carbocycles. The molecule has 1 atom stereocenters. The van der Waals surface area contributed by atoms with Crippen LogP contribution in [0, 0.1) is 0 Å². The first-order chi connectivity index (χ1) is 11.9. The SMILES string of the molecule is COc1ccc([C@@H](C)NC(=S)Nc2ccc(C(=O)N(C)C)cc2)cc1. The van der Waals surface area contributed by atoms with Crippen molar-refractivity contribution in [3.8, 4) is 5.75 Å². The Morgan fingerprint density at radius 1 is 1.08 bits per heavy atom. The first-order valence-electron chi connectivity index (χ1n) is 7.94. The molecule has 0 aliphatic heterocycles. The highest BCUT2D eigenvalue weighted by Crippen LogP contribution is 2.17. The van der Waals surface area contributed by atoms with Crippen molar-refractivity contribution in [2.24, 2.45) is 0 Å². The van der Waals surface area contributed by atoms with Gasteiger partial charge in [0.15, 0.2) is 5.11 Å². The number of hydrogen-bond acceptors (Lipinski definition) is 3. The Hall–Kier alpha value is -2.60. The fraction of sp³-hybridized carbons (Fsp3) is 0.263. The van der Waals surface area contributed by atoms with Crippen LogP contribution < -0.4 is 15.4 Å². The summed E-state index contributed by atoms with van der Waals surface area (Å²) in [5.41, 5.74) is 2.58. The van der Waals surface area contributed by atoms with Crippen LogP contribution >= 0.6 is 12.2 Å². The molecule has 2 aromatic rings. The zero-order valence-corrected chi connectivity index (χ0v) is 15.7. The van der Waals surface area contributed by atoms with Crippen molar-refractivity contribution >= 4 is 28.9 Å². The van der Waals surface area contributed by atoms with Gasteiger partial charge < -0.3 is 20.3 Å². The molecule has 132 valence electrons. The predicted octanol–water partition coefficient (Wildman–Crippen LogP) is 3.44. The molecular weight excluding hydrogens is 334 g/mol. The van der Waals surface area contributed by atoms with Gasteiger partial charge in [-0.2, -0.15) is 0 Å². The third kappa shape index (κ3) is 5.19. The van der Waals surface area contributed by atoms with Gasteiger partial charge in [-0.1, -0.05) is 12.1 Å². The lowest BCUT2D eigenvalue weighted by atomic mass is 10.1. The van der Waals surface area contributed by atoms with Crippen molar-refractivity contribution in [2.45, 2.75) is 13.0 Å². The molecule has 6 heteroatoms. The Bertz CT molecular complexity index is 727. The van der Waals surface area contributed by atoms with Gasteiger partial charge in [0.1, 0.15) is 5.75 Å². The minimum absolute atomic E-state index is 0.0274. The van der Waals surface area contributed by atoms with E-state index in [0.29, 0.717) is 10.7 Å². The molecular formula is C19H23N3O2S. The van der Waals surface area contributed by atoms with Gasteiger partial charge in [-0.25, -0.2) is 0 Å². The summed E-state index contributed by atoms with van der Waals surface area (Å²) < 4.78 is 5.16. The Labute approximate surface area is 154 Å². The second-order valence-corrected chi connectivity index (χ2v) is 6.28. The minimum atomic E-state index is -0.0274. The molecule has 0 fully saturated rings. The van der Waals surface area contributed by atoms with Crippen molar-refractivity contribution in [3.63, 3.8) is 0 Å². The largest absolute Gasteiger partial charge is 0.497 e. The molecule has 0 heterocycles. The van der Waals surface area contributed by atoms with Crippen molar-refractivity contribution in [1.82, 2.24) is 10.2 Å². The fourth-order valence-corrected chi connectivity index (χ4v) is 2.59. The lowest BCUT2D eigenvalue weighted by molar-refractivity contribution is 0.0827. The Morgan fingerprint density at radius 3 is 2.20 bits per heavy atom. The number of methoxy groups -OCH3 is 1. The van der Waals surface area contributed by atoms with Gasteiger partial charge in [0, 0.05) is 25.3 Å². The monoisotopic (exact) mass is 357 g/mol. The minimum Gasteiger partial charge on any atom is -0.497 e. The lowest BCUT2D eigenvalue weighted by Gasteiger charge is -2.18. The van der Waals surface area contributed by atoms with Gasteiger partial charge >= 0.3 is 0 Å². The Kier molecular flexibility index (Phi) is 6.36. The van der Waals surface area contributed by atoms with Gasteiger partial charge in [0.25, 0.3) is 5.91 Å². The number of benzene rings is 2. The molecule has 0 saturated heterocycles. The van der Waals surface area contributed by atoms with Crippen molar-refractivity contribution in [3.05, 3.63) is 59.7 Å². The molecule has 2 rings (SSSR count). The quantitative estimate of drug-likeness (QED) is 0.803. The summed E-state index contributed by atoms with van der Waals surface area (Å²) in [6.45, 7) is 2.04. The van der Waals surface area contributed by atoms with Crippen LogP contribution in [0.1, 0.15) is 28.9 Å². The Morgan fingerprint density at radius 2 is 1.68 bits per heavy atom. The molecule has 0 unspecified atom stereocenters. The van der Waals surface area contributed by atoms with Crippen LogP contribution in [0.3, 0.4) is 0 Å². The number of carbonyl (C=O) groups is 1. The van der Waals surface area contributed by atoms with Gasteiger partial charge in [-0.05, 0) is 61.1 Å². The van der Waals surface area contributed by atoms with Crippen LogP contribution in [-0.2, 0) is 0 Å². The highest BCUT2D eigenvalue weighted by molar-refractivity contribution is 7.80. The van der Waals surface area contributed by atoms with Gasteiger partial charge in [-0.3, -0.25) is 4.79 Å². The molecule has 0 aromatic heterocycles. The van der Waals surface area contributed by atoms with E-state index in [1.54, 1.807) is 38.2 Å². The summed E-state index contributed by atoms with van der Waals surface area (Å²) in [4.78, 5) is 13.4. The highest BCUT2D eigenvalue weighted by Gasteiger charge is 2.09. The topological polar surface area (TPSA) is 53.6 Å². The first kappa shape index (κ1) is 18.7. The molecule has 1 amide bonds. The van der Waals surface area contributed by atoms with E-state index in [1.807, 2.05) is 43.3 Å². The number of ether oxygens (including phenoxy) is 1. The van der Waals surface area contributed by atoms with E-state index in [4.69, 9.17) is 17.0 Å². The van der Waals surface area contributed by atoms with Crippen molar-refractivity contribution < 1.29 is 9.53 Å². The second-order valence-electron chi connectivity index (χ2n) is 5.87. The molecule has 0 aliphatic rings. The van der Waals surface area contributed by atoms with E-state index in [1.165, 1.54) is 0 Å². The smallest absolute Gasteiger partial charge is 0.253 e. The molecule has 5 nitrogen and oxygen atoms in total. The van der Waals surface area contributed by atoms with Crippen LogP contribution in [0.2, 0.25) is 0 Å². The number of carbonyl (C=O) groups excluding carboxylic acids is 1. The second kappa shape index (κ2) is 8.48. The summed E-state index contributed by atoms with van der Waals surface area (Å²) in [5, 5.41) is 6.90. The number of thiocarbonyl (C=S) groups is 1. The van der Waals surface area contributed by atoms with Gasteiger partial charge in [0.2, 0.25) is 0 Å². The average Bonchev–Trinajstić information content (AvgIpc) is 2.61. The van der Waals surface area contributed by atoms with E-state index < -0.39 is 0 Å². The van der Waals surface area contributed by atoms with Crippen molar-refractivity contribution in [1.29, 1.82) is 0 Å². The number of rotatable bonds is 5. The number of nitrogens with zero attached hydrogens (tertiary/aromatic N) is 1. The molecule has 0 saturated carbocycles. The fourth-order valence-electron chi connectivity index (χ4n) is 2.29. The standard InChI is InChI=1S/C19H23N3O2S/c1-13(14-7-11-17(24-4)12-8-14)20-19(25)21-16-9-5-15(6-10-16)18(23)22(2)3/h5-13H,1-4H3,(H2,20,21,25)/t13-/m1/s1. The maximum absolute atomic E-state index is 11.9. The normalized spacial score (nSPS) is 11.4. The summed E-state index contributed by atoms with van der Waals surface area (Å²) in [5.74, 6) is 0.796. The van der Waals surface area contributed by atoms with Gasteiger partial charge in [-0.15, -0.1) is 0 Å². The first-order valence-corrected chi connectivity index (χ1v) is 8.34. The third-order valence-electron chi connectivity index (χ3n) is 3.76. The summed E-state index contributed by atoms with van der Waals surface area (Å²) in [7, 11) is 5.11. The molecule has 0 aliphatic carbocycles. The van der Waals surface area contributed by atoms with E-state index in [9.17, 15) is 4.79 Å². The Balaban J connectivity index is 1.93. The van der Waals surface area contributed by atoms with E-state index in [-0.39, 0.29) is 11.9 Å². The van der Waals surface area contributed by atoms with Crippen LogP contribution in [0.5, 0.6) is 5.75 Å². The number of amides is 1. The van der Waals surface area contributed by atoms with Crippen LogP contribution in [0.25, 0.3) is 0 Å². The molecule has 25 heavy (non-hydrogen) atoms. The summed E-state index contributed by atoms with van der Waals surface area (Å²) >= 11 is 5.36. The van der Waals surface area contributed by atoms with E-state index in [2.05, 4.69) is 10.6 Å². The zero-order valence-electron chi connectivity index (χ0n) is 14.9. The number of hydrogen-bond donors (Lipinski definition) is 2. The highest BCUT2D eigenvalue weighted by atomic mass is 32.1. The zero-order chi connectivity index (χ0) is 18.4. The van der Waals surface area contributed by atoms with Gasteiger partial charge in [0.05, 0.1) is 13.2 Å². The van der Waals surface area contributed by atoms with Crippen LogP contribution in [0.15, 0.2) is 48.5 Å². The number of nitrogens with one attached hydrogen (secondary N) is 2. The maximum Gasteiger partial charge on any atom is 0.253 e. The summed E-state index contributed by atoms with van der Waals surface area (Å²) in [6.07, 6.45) is 0. The molecule has 0 radical (unpaired) electrons. The average molecular weight is 357 g/mol. The van der Waals surface area contributed by atoms with Crippen molar-refractivity contribution in [2.75, 3.05) is 26.5 Å². The summed E-state index contributed by atoms with van der Waals surface area (Å²) in [6, 6.07) is 15.1.